The van der Waals surface area contributed by atoms with E-state index in [1.807, 2.05) is 11.6 Å². The van der Waals surface area contributed by atoms with Crippen LogP contribution in [0.5, 0.6) is 0 Å². The SMILES string of the molecule is C.C.C.C.CC[B]SCC. The van der Waals surface area contributed by atoms with Gasteiger partial charge in [-0.2, -0.15) is 0 Å². The second-order valence-corrected chi connectivity index (χ2v) is 2.27. The Labute approximate surface area is 74.3 Å². The predicted molar refractivity (Wildman–Crippen MR) is 61.3 cm³/mol. The summed E-state index contributed by atoms with van der Waals surface area (Å²) in [7, 11) is 0. The van der Waals surface area contributed by atoms with Crippen LogP contribution in [0.4, 0.5) is 0 Å². The molecule has 0 aliphatic carbocycles. The summed E-state index contributed by atoms with van der Waals surface area (Å²) in [4.78, 5) is 0. The lowest BCUT2D eigenvalue weighted by atomic mass is 10.1. The average molecular weight is 165 g/mol. The molecule has 0 aliphatic heterocycles. The van der Waals surface area contributed by atoms with Crippen molar-refractivity contribution in [2.24, 2.45) is 0 Å². The molecule has 0 spiro atoms. The van der Waals surface area contributed by atoms with E-state index in [0.29, 0.717) is 0 Å². The summed E-state index contributed by atoms with van der Waals surface area (Å²) in [6, 6.07) is 0. The maximum absolute atomic E-state index is 2.22. The fourth-order valence-corrected chi connectivity index (χ4v) is 0.707. The minimum atomic E-state index is 0. The first-order valence-corrected chi connectivity index (χ1v) is 3.40. The van der Waals surface area contributed by atoms with E-state index in [-0.39, 0.29) is 29.7 Å². The zero-order valence-corrected chi connectivity index (χ0v) is 5.22. The minimum absolute atomic E-state index is 0. The Morgan fingerprint density at radius 3 is 1.50 bits per heavy atom. The summed E-state index contributed by atoms with van der Waals surface area (Å²) in [5, 5.41) is 0. The summed E-state index contributed by atoms with van der Waals surface area (Å²) in [5.41, 5.74) is 0. The third-order valence-electron chi connectivity index (χ3n) is 0.451. The van der Waals surface area contributed by atoms with Gasteiger partial charge in [0.1, 0.15) is 0 Å². The Hall–Kier alpha value is 0.415. The zero-order valence-electron chi connectivity index (χ0n) is 4.40. The molecule has 67 valence electrons. The van der Waals surface area contributed by atoms with Crippen LogP contribution in [0.3, 0.4) is 0 Å². The van der Waals surface area contributed by atoms with E-state index in [2.05, 4.69) is 20.4 Å². The molecule has 0 rings (SSSR count). The first kappa shape index (κ1) is 31.5. The fourth-order valence-electron chi connectivity index (χ4n) is 0.236. The van der Waals surface area contributed by atoms with Crippen molar-refractivity contribution in [1.82, 2.24) is 0 Å². The van der Waals surface area contributed by atoms with Gasteiger partial charge >= 0.3 is 0 Å². The second kappa shape index (κ2) is 34.2. The Kier molecular flexibility index (Phi) is 108. The largest absolute Gasteiger partial charge is 0.218 e. The molecule has 0 aromatic heterocycles. The standard InChI is InChI=1S/C4H10BS.4CH4/c1-3-5-6-4-2;;;;/h3-4H2,1-2H3;4*1H4. The first-order chi connectivity index (χ1) is 2.91. The van der Waals surface area contributed by atoms with E-state index < -0.39 is 0 Å². The van der Waals surface area contributed by atoms with Gasteiger partial charge in [-0.05, 0) is 5.75 Å². The molecular weight excluding hydrogens is 139 g/mol. The molecule has 0 nitrogen and oxygen atoms in total. The zero-order chi connectivity index (χ0) is 4.83. The molecule has 0 aromatic rings. The van der Waals surface area contributed by atoms with E-state index in [9.17, 15) is 0 Å². The highest BCUT2D eigenvalue weighted by Crippen LogP contribution is 1.95. The first-order valence-electron chi connectivity index (χ1n) is 2.35. The van der Waals surface area contributed by atoms with E-state index >= 15 is 0 Å². The van der Waals surface area contributed by atoms with Gasteiger partial charge in [-0.3, -0.25) is 0 Å². The lowest BCUT2D eigenvalue weighted by molar-refractivity contribution is 1.47. The van der Waals surface area contributed by atoms with Gasteiger partial charge in [-0.15, -0.1) is 0 Å². The molecule has 10 heavy (non-hydrogen) atoms. The molecule has 0 bridgehead atoms. The molecule has 0 aliphatic rings. The number of hydrogen-bond acceptors (Lipinski definition) is 1. The average Bonchev–Trinajstić information content (AvgIpc) is 1.61. The predicted octanol–water partition coefficient (Wildman–Crippen LogP) is 4.34. The van der Waals surface area contributed by atoms with Crippen LogP contribution in [0.1, 0.15) is 43.6 Å². The van der Waals surface area contributed by atoms with Gasteiger partial charge < -0.3 is 0 Å². The van der Waals surface area contributed by atoms with Crippen molar-refractivity contribution in [2.75, 3.05) is 5.75 Å². The molecule has 0 saturated carbocycles. The summed E-state index contributed by atoms with van der Waals surface area (Å²) in [6.07, 6.45) is 1.19. The van der Waals surface area contributed by atoms with E-state index in [1.165, 1.54) is 12.1 Å². The molecule has 0 fully saturated rings. The molecule has 0 atom stereocenters. The quantitative estimate of drug-likeness (QED) is 0.442. The van der Waals surface area contributed by atoms with Crippen molar-refractivity contribution >= 4 is 18.2 Å². The van der Waals surface area contributed by atoms with Crippen molar-refractivity contribution < 1.29 is 0 Å². The van der Waals surface area contributed by atoms with Crippen LogP contribution in [0, 0.1) is 0 Å². The summed E-state index contributed by atoms with van der Waals surface area (Å²) in [6.45, 7) is 6.54. The van der Waals surface area contributed by atoms with Gasteiger partial charge in [0.05, 0.1) is 0 Å². The smallest absolute Gasteiger partial charge is 0.191 e. The van der Waals surface area contributed by atoms with Crippen LogP contribution in [0.15, 0.2) is 0 Å². The molecule has 0 aromatic carbocycles. The highest BCUT2D eigenvalue weighted by Gasteiger charge is 1.78. The van der Waals surface area contributed by atoms with Gasteiger partial charge in [0.25, 0.3) is 0 Å². The topological polar surface area (TPSA) is 0 Å². The van der Waals surface area contributed by atoms with Gasteiger partial charge in [-0.25, -0.2) is 11.6 Å². The second-order valence-electron chi connectivity index (χ2n) is 1.03. The Balaban J connectivity index is -0.0000000208. The van der Waals surface area contributed by atoms with Gasteiger partial charge in [0.15, 0.2) is 6.56 Å². The van der Waals surface area contributed by atoms with Crippen LogP contribution in [0.25, 0.3) is 0 Å². The monoisotopic (exact) mass is 165 g/mol. The van der Waals surface area contributed by atoms with Crippen LogP contribution in [0.2, 0.25) is 6.32 Å². The minimum Gasteiger partial charge on any atom is -0.218 e. The van der Waals surface area contributed by atoms with E-state index in [0.717, 1.165) is 0 Å². The van der Waals surface area contributed by atoms with Crippen molar-refractivity contribution in [1.29, 1.82) is 0 Å². The summed E-state index contributed by atoms with van der Waals surface area (Å²) < 4.78 is 0. The molecule has 1 radical (unpaired) electrons. The summed E-state index contributed by atoms with van der Waals surface area (Å²) in [5.74, 6) is 1.22. The lowest BCUT2D eigenvalue weighted by Gasteiger charge is -1.84. The third-order valence-corrected chi connectivity index (χ3v) is 1.35. The number of hydrogen-bond donors (Lipinski definition) is 0. The number of rotatable bonds is 3. The normalized spacial score (nSPS) is 5.00. The maximum atomic E-state index is 2.22. The van der Waals surface area contributed by atoms with Crippen LogP contribution in [-0.2, 0) is 0 Å². The molecule has 2 heteroatoms. The van der Waals surface area contributed by atoms with E-state index in [1.54, 1.807) is 0 Å². The van der Waals surface area contributed by atoms with Crippen molar-refractivity contribution in [2.45, 2.75) is 49.9 Å². The van der Waals surface area contributed by atoms with Crippen LogP contribution < -0.4 is 0 Å². The molecule has 0 unspecified atom stereocenters. The molecule has 0 saturated heterocycles. The van der Waals surface area contributed by atoms with Crippen molar-refractivity contribution in [3.05, 3.63) is 0 Å². The molecule has 0 N–H and O–H groups in total. The van der Waals surface area contributed by atoms with Gasteiger partial charge in [0.2, 0.25) is 0 Å². The van der Waals surface area contributed by atoms with E-state index in [4.69, 9.17) is 0 Å². The van der Waals surface area contributed by atoms with Gasteiger partial charge in [-0.1, -0.05) is 49.9 Å². The fraction of sp³-hybridized carbons (Fsp3) is 1.00. The third kappa shape index (κ3) is 39.7. The molecular formula is C8H26BS. The molecule has 0 amide bonds. The highest BCUT2D eigenvalue weighted by molar-refractivity contribution is 8.22. The Morgan fingerprint density at radius 1 is 1.00 bits per heavy atom. The lowest BCUT2D eigenvalue weighted by Crippen LogP contribution is -1.76. The maximum Gasteiger partial charge on any atom is 0.191 e. The molecule has 0 heterocycles. The van der Waals surface area contributed by atoms with Crippen molar-refractivity contribution in [3.8, 4) is 0 Å². The van der Waals surface area contributed by atoms with Gasteiger partial charge in [0, 0.05) is 0 Å². The Morgan fingerprint density at radius 2 is 1.40 bits per heavy atom. The van der Waals surface area contributed by atoms with Crippen LogP contribution >= 0.6 is 11.6 Å². The van der Waals surface area contributed by atoms with Crippen molar-refractivity contribution in [3.63, 3.8) is 0 Å². The highest BCUT2D eigenvalue weighted by atomic mass is 32.2. The van der Waals surface area contributed by atoms with Crippen LogP contribution in [-0.4, -0.2) is 12.3 Å². The summed E-state index contributed by atoms with van der Waals surface area (Å²) >= 11 is 1.88. The Bertz CT molecular complexity index is 21.2.